The SMILES string of the molecule is Cc1cc(C)nc(-c2noc(-c3cccc(NC(=O)C4Cc5ccccc5O4)c3)n2)c1. The van der Waals surface area contributed by atoms with Crippen molar-refractivity contribution in [1.82, 2.24) is 15.1 Å². The van der Waals surface area contributed by atoms with Gasteiger partial charge in [0.25, 0.3) is 11.8 Å². The van der Waals surface area contributed by atoms with Crippen molar-refractivity contribution in [3.8, 4) is 28.7 Å². The summed E-state index contributed by atoms with van der Waals surface area (Å²) in [7, 11) is 0. The van der Waals surface area contributed by atoms with Crippen LogP contribution >= 0.6 is 0 Å². The first-order valence-electron chi connectivity index (χ1n) is 10.0. The zero-order chi connectivity index (χ0) is 21.4. The normalized spacial score (nSPS) is 14.7. The van der Waals surface area contributed by atoms with Gasteiger partial charge in [0.15, 0.2) is 6.10 Å². The van der Waals surface area contributed by atoms with Gasteiger partial charge in [-0.1, -0.05) is 29.4 Å². The van der Waals surface area contributed by atoms with Crippen LogP contribution in [0.2, 0.25) is 0 Å². The first-order valence-corrected chi connectivity index (χ1v) is 10.0. The summed E-state index contributed by atoms with van der Waals surface area (Å²) in [6.45, 7) is 3.92. The Kier molecular flexibility index (Phi) is 4.71. The first-order chi connectivity index (χ1) is 15.0. The van der Waals surface area contributed by atoms with Crippen LogP contribution in [0, 0.1) is 13.8 Å². The second-order valence-corrected chi connectivity index (χ2v) is 7.58. The number of aryl methyl sites for hydroxylation is 2. The molecule has 1 aliphatic rings. The van der Waals surface area contributed by atoms with E-state index < -0.39 is 6.10 Å². The molecule has 0 bridgehead atoms. The highest BCUT2D eigenvalue weighted by molar-refractivity contribution is 5.95. The molecule has 1 N–H and O–H groups in total. The zero-order valence-electron chi connectivity index (χ0n) is 17.1. The Labute approximate surface area is 179 Å². The lowest BCUT2D eigenvalue weighted by Crippen LogP contribution is -2.31. The molecule has 0 radical (unpaired) electrons. The van der Waals surface area contributed by atoms with E-state index in [0.29, 0.717) is 35.1 Å². The van der Waals surface area contributed by atoms with E-state index in [9.17, 15) is 4.79 Å². The quantitative estimate of drug-likeness (QED) is 0.536. The minimum Gasteiger partial charge on any atom is -0.480 e. The molecule has 154 valence electrons. The number of nitrogens with one attached hydrogen (secondary N) is 1. The van der Waals surface area contributed by atoms with Crippen LogP contribution in [-0.4, -0.2) is 27.1 Å². The number of hydrogen-bond acceptors (Lipinski definition) is 6. The molecule has 5 rings (SSSR count). The van der Waals surface area contributed by atoms with Gasteiger partial charge >= 0.3 is 0 Å². The Bertz CT molecular complexity index is 1240. The highest BCUT2D eigenvalue weighted by Gasteiger charge is 2.28. The average molecular weight is 412 g/mol. The van der Waals surface area contributed by atoms with E-state index in [1.807, 2.05) is 68.4 Å². The van der Waals surface area contributed by atoms with Crippen LogP contribution in [0.5, 0.6) is 5.75 Å². The average Bonchev–Trinajstić information content (AvgIpc) is 3.41. The van der Waals surface area contributed by atoms with E-state index in [0.717, 1.165) is 22.6 Å². The Hall–Kier alpha value is -4.00. The van der Waals surface area contributed by atoms with Crippen molar-refractivity contribution in [2.75, 3.05) is 5.32 Å². The minimum absolute atomic E-state index is 0.195. The van der Waals surface area contributed by atoms with Gasteiger partial charge in [-0.25, -0.2) is 4.98 Å². The number of fused-ring (bicyclic) bond motifs is 1. The van der Waals surface area contributed by atoms with Crippen LogP contribution in [0.4, 0.5) is 5.69 Å². The maximum Gasteiger partial charge on any atom is 0.265 e. The number of benzene rings is 2. The van der Waals surface area contributed by atoms with Crippen LogP contribution in [0.25, 0.3) is 23.0 Å². The standard InChI is InChI=1S/C24H20N4O3/c1-14-10-15(2)25-19(11-14)22-27-24(31-28-22)17-7-5-8-18(12-17)26-23(29)21-13-16-6-3-4-9-20(16)30-21/h3-12,21H,13H2,1-2H3,(H,26,29). The molecular weight excluding hydrogens is 392 g/mol. The van der Waals surface area contributed by atoms with Gasteiger partial charge in [-0.05, 0) is 61.4 Å². The van der Waals surface area contributed by atoms with Crippen molar-refractivity contribution in [3.05, 3.63) is 77.5 Å². The fraction of sp³-hybridized carbons (Fsp3) is 0.167. The number of pyridine rings is 1. The summed E-state index contributed by atoms with van der Waals surface area (Å²) < 4.78 is 11.2. The lowest BCUT2D eigenvalue weighted by Gasteiger charge is -2.11. The maximum absolute atomic E-state index is 12.7. The van der Waals surface area contributed by atoms with Gasteiger partial charge in [-0.2, -0.15) is 4.98 Å². The molecule has 0 spiro atoms. The van der Waals surface area contributed by atoms with Crippen LogP contribution < -0.4 is 10.1 Å². The summed E-state index contributed by atoms with van der Waals surface area (Å²) in [5.74, 6) is 1.35. The number of aromatic nitrogens is 3. The van der Waals surface area contributed by atoms with Crippen LogP contribution in [0.3, 0.4) is 0 Å². The second-order valence-electron chi connectivity index (χ2n) is 7.58. The second kappa shape index (κ2) is 7.68. The third kappa shape index (κ3) is 3.90. The van der Waals surface area contributed by atoms with Crippen LogP contribution in [0.1, 0.15) is 16.8 Å². The summed E-state index contributed by atoms with van der Waals surface area (Å²) in [6.07, 6.45) is 0.00385. The fourth-order valence-corrected chi connectivity index (χ4v) is 3.68. The zero-order valence-corrected chi connectivity index (χ0v) is 17.1. The van der Waals surface area contributed by atoms with Gasteiger partial charge in [-0.15, -0.1) is 0 Å². The van der Waals surface area contributed by atoms with E-state index in [-0.39, 0.29) is 5.91 Å². The van der Waals surface area contributed by atoms with Crippen molar-refractivity contribution in [2.45, 2.75) is 26.4 Å². The van der Waals surface area contributed by atoms with Crippen molar-refractivity contribution in [1.29, 1.82) is 0 Å². The van der Waals surface area contributed by atoms with E-state index in [2.05, 4.69) is 20.4 Å². The highest BCUT2D eigenvalue weighted by Crippen LogP contribution is 2.29. The Morgan fingerprint density at radius 2 is 1.90 bits per heavy atom. The molecule has 1 unspecified atom stereocenters. The lowest BCUT2D eigenvalue weighted by atomic mass is 10.1. The van der Waals surface area contributed by atoms with Gasteiger partial charge in [0.05, 0.1) is 0 Å². The highest BCUT2D eigenvalue weighted by atomic mass is 16.5. The summed E-state index contributed by atoms with van der Waals surface area (Å²) in [5, 5.41) is 6.98. The maximum atomic E-state index is 12.7. The monoisotopic (exact) mass is 412 g/mol. The largest absolute Gasteiger partial charge is 0.480 e. The number of carbonyl (C=O) groups is 1. The third-order valence-electron chi connectivity index (χ3n) is 5.07. The number of anilines is 1. The molecule has 1 atom stereocenters. The van der Waals surface area contributed by atoms with Gasteiger partial charge in [0, 0.05) is 23.4 Å². The number of rotatable bonds is 4. The lowest BCUT2D eigenvalue weighted by molar-refractivity contribution is -0.122. The summed E-state index contributed by atoms with van der Waals surface area (Å²) in [6, 6.07) is 18.9. The van der Waals surface area contributed by atoms with E-state index >= 15 is 0 Å². The molecule has 4 aromatic rings. The van der Waals surface area contributed by atoms with Gasteiger partial charge < -0.3 is 14.6 Å². The van der Waals surface area contributed by atoms with E-state index in [1.165, 1.54) is 0 Å². The number of nitrogens with zero attached hydrogens (tertiary/aromatic N) is 3. The summed E-state index contributed by atoms with van der Waals surface area (Å²) >= 11 is 0. The number of ether oxygens (including phenoxy) is 1. The topological polar surface area (TPSA) is 90.1 Å². The van der Waals surface area contributed by atoms with E-state index in [4.69, 9.17) is 9.26 Å². The fourth-order valence-electron chi connectivity index (χ4n) is 3.68. The molecule has 0 saturated heterocycles. The molecule has 0 fully saturated rings. The van der Waals surface area contributed by atoms with Crippen molar-refractivity contribution < 1.29 is 14.1 Å². The Morgan fingerprint density at radius 1 is 1.03 bits per heavy atom. The molecule has 2 aromatic heterocycles. The molecule has 3 heterocycles. The van der Waals surface area contributed by atoms with Gasteiger partial charge in [-0.3, -0.25) is 4.79 Å². The molecular formula is C24H20N4O3. The Balaban J connectivity index is 1.33. The predicted octanol–water partition coefficient (Wildman–Crippen LogP) is 4.36. The summed E-state index contributed by atoms with van der Waals surface area (Å²) in [4.78, 5) is 21.6. The van der Waals surface area contributed by atoms with Crippen molar-refractivity contribution >= 4 is 11.6 Å². The van der Waals surface area contributed by atoms with Gasteiger partial charge in [0.2, 0.25) is 5.82 Å². The van der Waals surface area contributed by atoms with Crippen LogP contribution in [-0.2, 0) is 11.2 Å². The number of carbonyl (C=O) groups excluding carboxylic acids is 1. The Morgan fingerprint density at radius 3 is 2.74 bits per heavy atom. The first kappa shape index (κ1) is 19.0. The summed E-state index contributed by atoms with van der Waals surface area (Å²) in [5.41, 5.74) is 5.00. The smallest absolute Gasteiger partial charge is 0.265 e. The minimum atomic E-state index is -0.549. The van der Waals surface area contributed by atoms with Crippen LogP contribution in [0.15, 0.2) is 65.2 Å². The molecule has 2 aromatic carbocycles. The molecule has 31 heavy (non-hydrogen) atoms. The van der Waals surface area contributed by atoms with E-state index in [1.54, 1.807) is 6.07 Å². The third-order valence-corrected chi connectivity index (χ3v) is 5.07. The molecule has 1 amide bonds. The van der Waals surface area contributed by atoms with Gasteiger partial charge in [0.1, 0.15) is 11.4 Å². The molecule has 0 aliphatic carbocycles. The molecule has 1 aliphatic heterocycles. The van der Waals surface area contributed by atoms with Crippen molar-refractivity contribution in [2.24, 2.45) is 0 Å². The van der Waals surface area contributed by atoms with Crippen molar-refractivity contribution in [3.63, 3.8) is 0 Å². The number of amides is 1. The molecule has 7 heteroatoms. The predicted molar refractivity (Wildman–Crippen MR) is 116 cm³/mol. The number of para-hydroxylation sites is 1. The molecule has 0 saturated carbocycles. The molecule has 7 nitrogen and oxygen atoms in total. The number of hydrogen-bond donors (Lipinski definition) is 1.